The van der Waals surface area contributed by atoms with Crippen molar-refractivity contribution in [2.24, 2.45) is 7.05 Å². The first kappa shape index (κ1) is 16.0. The van der Waals surface area contributed by atoms with Crippen LogP contribution in [0.1, 0.15) is 0 Å². The van der Waals surface area contributed by atoms with Gasteiger partial charge in [-0.05, 0) is 12.1 Å². The first-order chi connectivity index (χ1) is 12.5. The summed E-state index contributed by atoms with van der Waals surface area (Å²) in [7, 11) is 1.81. The van der Waals surface area contributed by atoms with E-state index in [9.17, 15) is 14.9 Å². The molecule has 132 valence electrons. The first-order valence-electron chi connectivity index (χ1n) is 8.09. The number of piperazine rings is 1. The Labute approximate surface area is 148 Å². The molecule has 9 heteroatoms. The van der Waals surface area contributed by atoms with Gasteiger partial charge in [-0.25, -0.2) is 0 Å². The van der Waals surface area contributed by atoms with Crippen molar-refractivity contribution in [1.82, 2.24) is 14.8 Å². The molecular formula is C17H16N6O3. The number of aryl methyl sites for hydroxylation is 1. The van der Waals surface area contributed by atoms with E-state index in [-0.39, 0.29) is 18.1 Å². The third kappa shape index (κ3) is 2.63. The number of hydrogen-bond donors (Lipinski definition) is 0. The van der Waals surface area contributed by atoms with Crippen LogP contribution in [0.25, 0.3) is 10.8 Å². The Morgan fingerprint density at radius 3 is 2.69 bits per heavy atom. The number of nitrogens with zero attached hydrogens (tertiary/aromatic N) is 6. The third-order valence-electron chi connectivity index (χ3n) is 4.53. The summed E-state index contributed by atoms with van der Waals surface area (Å²) in [4.78, 5) is 31.1. The molecule has 26 heavy (non-hydrogen) atoms. The Morgan fingerprint density at radius 1 is 1.15 bits per heavy atom. The van der Waals surface area contributed by atoms with Gasteiger partial charge in [-0.3, -0.25) is 24.6 Å². The molecule has 1 amide bonds. The van der Waals surface area contributed by atoms with Crippen molar-refractivity contribution in [3.63, 3.8) is 0 Å². The number of nitro groups is 1. The topological polar surface area (TPSA) is 97.4 Å². The third-order valence-corrected chi connectivity index (χ3v) is 4.53. The lowest BCUT2D eigenvalue weighted by atomic mass is 10.1. The molecule has 4 rings (SSSR count). The minimum absolute atomic E-state index is 0.0113. The molecule has 9 nitrogen and oxygen atoms in total. The highest BCUT2D eigenvalue weighted by Crippen LogP contribution is 2.33. The maximum atomic E-state index is 12.6. The van der Waals surface area contributed by atoms with Crippen molar-refractivity contribution in [3.8, 4) is 0 Å². The molecule has 0 radical (unpaired) electrons. The number of fused-ring (bicyclic) bond motifs is 1. The summed E-state index contributed by atoms with van der Waals surface area (Å²) in [6.45, 7) is 1.34. The van der Waals surface area contributed by atoms with E-state index in [4.69, 9.17) is 0 Å². The number of anilines is 2. The predicted octanol–water partition coefficient (Wildman–Crippen LogP) is 1.73. The number of benzene rings is 1. The zero-order chi connectivity index (χ0) is 18.3. The van der Waals surface area contributed by atoms with Crippen LogP contribution in [0.3, 0.4) is 0 Å². The second kappa shape index (κ2) is 6.10. The van der Waals surface area contributed by atoms with Gasteiger partial charge in [0.2, 0.25) is 5.91 Å². The second-order valence-electron chi connectivity index (χ2n) is 6.12. The molecular weight excluding hydrogens is 336 g/mol. The van der Waals surface area contributed by atoms with Gasteiger partial charge in [0.25, 0.3) is 5.69 Å². The van der Waals surface area contributed by atoms with Crippen molar-refractivity contribution < 1.29 is 9.72 Å². The maximum absolute atomic E-state index is 12.6. The average molecular weight is 352 g/mol. The van der Waals surface area contributed by atoms with Crippen LogP contribution in [0, 0.1) is 10.1 Å². The van der Waals surface area contributed by atoms with Crippen molar-refractivity contribution in [2.45, 2.75) is 0 Å². The molecule has 1 aromatic carbocycles. The zero-order valence-electron chi connectivity index (χ0n) is 14.1. The van der Waals surface area contributed by atoms with Crippen molar-refractivity contribution in [2.75, 3.05) is 29.4 Å². The van der Waals surface area contributed by atoms with E-state index < -0.39 is 4.92 Å². The van der Waals surface area contributed by atoms with Crippen LogP contribution in [-0.4, -0.2) is 45.2 Å². The summed E-state index contributed by atoms with van der Waals surface area (Å²) < 4.78 is 1.66. The Kier molecular flexibility index (Phi) is 3.76. The van der Waals surface area contributed by atoms with Crippen LogP contribution < -0.4 is 9.80 Å². The van der Waals surface area contributed by atoms with Gasteiger partial charge in [-0.15, -0.1) is 0 Å². The van der Waals surface area contributed by atoms with Gasteiger partial charge < -0.3 is 9.80 Å². The van der Waals surface area contributed by atoms with Crippen LogP contribution in [0.15, 0.2) is 43.0 Å². The Hall–Kier alpha value is -3.49. The zero-order valence-corrected chi connectivity index (χ0v) is 14.1. The van der Waals surface area contributed by atoms with Crippen LogP contribution in [-0.2, 0) is 11.8 Å². The SMILES string of the molecule is Cn1cc(N2CCN(c3ccc([N+](=O)[O-])c4cnccc34)CC2=O)cn1. The molecule has 0 saturated carbocycles. The number of aromatic nitrogens is 3. The van der Waals surface area contributed by atoms with Gasteiger partial charge in [-0.1, -0.05) is 0 Å². The summed E-state index contributed by atoms with van der Waals surface area (Å²) in [5, 5.41) is 16.5. The number of rotatable bonds is 3. The van der Waals surface area contributed by atoms with E-state index in [1.165, 1.54) is 12.3 Å². The largest absolute Gasteiger partial charge is 0.360 e. The molecule has 1 fully saturated rings. The van der Waals surface area contributed by atoms with Gasteiger partial charge in [0, 0.05) is 55.9 Å². The van der Waals surface area contributed by atoms with Gasteiger partial charge in [0.05, 0.1) is 28.7 Å². The first-order valence-corrected chi connectivity index (χ1v) is 8.09. The molecule has 1 aliphatic rings. The summed E-state index contributed by atoms with van der Waals surface area (Å²) in [6, 6.07) is 4.92. The normalized spacial score (nSPS) is 14.9. The van der Waals surface area contributed by atoms with Crippen molar-refractivity contribution in [3.05, 3.63) is 53.1 Å². The van der Waals surface area contributed by atoms with Gasteiger partial charge in [0.15, 0.2) is 0 Å². The minimum Gasteiger partial charge on any atom is -0.360 e. The summed E-state index contributed by atoms with van der Waals surface area (Å²) in [6.07, 6.45) is 6.56. The highest BCUT2D eigenvalue weighted by molar-refractivity contribution is 6.03. The van der Waals surface area contributed by atoms with Gasteiger partial charge in [0.1, 0.15) is 0 Å². The molecule has 2 aromatic heterocycles. The van der Waals surface area contributed by atoms with E-state index in [2.05, 4.69) is 10.1 Å². The molecule has 0 unspecified atom stereocenters. The lowest BCUT2D eigenvalue weighted by molar-refractivity contribution is -0.383. The van der Waals surface area contributed by atoms with Crippen molar-refractivity contribution in [1.29, 1.82) is 0 Å². The number of amides is 1. The fourth-order valence-electron chi connectivity index (χ4n) is 3.29. The number of carbonyl (C=O) groups excluding carboxylic acids is 1. The molecule has 1 saturated heterocycles. The lowest BCUT2D eigenvalue weighted by Gasteiger charge is -2.35. The van der Waals surface area contributed by atoms with Crippen molar-refractivity contribution >= 4 is 33.7 Å². The lowest BCUT2D eigenvalue weighted by Crippen LogP contribution is -2.50. The highest BCUT2D eigenvalue weighted by atomic mass is 16.6. The Bertz CT molecular complexity index is 1010. The quantitative estimate of drug-likeness (QED) is 0.526. The number of nitro benzene ring substituents is 1. The van der Waals surface area contributed by atoms with Crippen LogP contribution in [0.2, 0.25) is 0 Å². The average Bonchev–Trinajstić information content (AvgIpc) is 3.06. The van der Waals surface area contributed by atoms with E-state index >= 15 is 0 Å². The number of pyridine rings is 1. The molecule has 3 aromatic rings. The fraction of sp³-hybridized carbons (Fsp3) is 0.235. The number of non-ortho nitro benzene ring substituents is 1. The van der Waals surface area contributed by atoms with Crippen LogP contribution in [0.5, 0.6) is 0 Å². The molecule has 1 aliphatic heterocycles. The standard InChI is InChI=1S/C17H16N6O3/c1-20-10-12(8-19-20)22-7-6-21(11-17(22)24)15-2-3-16(23(25)26)14-9-18-5-4-13(14)15/h2-5,8-10H,6-7,11H2,1H3. The molecule has 0 aliphatic carbocycles. The number of carbonyl (C=O) groups is 1. The van der Waals surface area contributed by atoms with Crippen LogP contribution in [0.4, 0.5) is 17.1 Å². The monoisotopic (exact) mass is 352 g/mol. The summed E-state index contributed by atoms with van der Waals surface area (Å²) in [5.74, 6) is -0.0372. The number of hydrogen-bond acceptors (Lipinski definition) is 6. The molecule has 0 spiro atoms. The summed E-state index contributed by atoms with van der Waals surface area (Å²) >= 11 is 0. The van der Waals surface area contributed by atoms with E-state index in [0.717, 1.165) is 16.8 Å². The highest BCUT2D eigenvalue weighted by Gasteiger charge is 2.27. The molecule has 0 N–H and O–H groups in total. The Morgan fingerprint density at radius 2 is 2.00 bits per heavy atom. The summed E-state index contributed by atoms with van der Waals surface area (Å²) in [5.41, 5.74) is 1.58. The van der Waals surface area contributed by atoms with E-state index in [1.54, 1.807) is 47.4 Å². The molecule has 3 heterocycles. The van der Waals surface area contributed by atoms with E-state index in [1.807, 2.05) is 4.90 Å². The van der Waals surface area contributed by atoms with Gasteiger partial charge in [-0.2, -0.15) is 5.10 Å². The minimum atomic E-state index is -0.417. The van der Waals surface area contributed by atoms with E-state index in [0.29, 0.717) is 18.5 Å². The smallest absolute Gasteiger partial charge is 0.278 e. The Balaban J connectivity index is 1.66. The van der Waals surface area contributed by atoms with Gasteiger partial charge >= 0.3 is 0 Å². The second-order valence-corrected chi connectivity index (χ2v) is 6.12. The molecule has 0 atom stereocenters. The fourth-order valence-corrected chi connectivity index (χ4v) is 3.29. The molecule has 0 bridgehead atoms. The maximum Gasteiger partial charge on any atom is 0.278 e. The predicted molar refractivity (Wildman–Crippen MR) is 96.2 cm³/mol. The van der Waals surface area contributed by atoms with Crippen LogP contribution >= 0.6 is 0 Å².